The normalized spacial score (nSPS) is 14.4. The lowest BCUT2D eigenvalue weighted by Gasteiger charge is -2.11. The number of para-hydroxylation sites is 1. The highest BCUT2D eigenvalue weighted by Gasteiger charge is 2.31. The highest BCUT2D eigenvalue weighted by atomic mass is 32.2. The smallest absolute Gasteiger partial charge is 0.242 e. The summed E-state index contributed by atoms with van der Waals surface area (Å²) in [6.45, 7) is 2.94. The monoisotopic (exact) mass is 496 g/mol. The van der Waals surface area contributed by atoms with E-state index in [2.05, 4.69) is 38.4 Å². The van der Waals surface area contributed by atoms with E-state index in [9.17, 15) is 8.42 Å². The Labute approximate surface area is 204 Å². The van der Waals surface area contributed by atoms with Gasteiger partial charge in [0.2, 0.25) is 10.0 Å². The van der Waals surface area contributed by atoms with Crippen molar-refractivity contribution in [3.63, 3.8) is 0 Å². The van der Waals surface area contributed by atoms with Gasteiger partial charge in [0.25, 0.3) is 0 Å². The number of rotatable bonds is 9. The zero-order valence-electron chi connectivity index (χ0n) is 19.5. The molecule has 0 unspecified atom stereocenters. The molecule has 1 aliphatic rings. The number of fused-ring (bicyclic) bond motifs is 1. The maximum atomic E-state index is 12.6. The Hall–Kier alpha value is -2.69. The molecular formula is C24H28N6O2S2. The summed E-state index contributed by atoms with van der Waals surface area (Å²) in [5, 5.41) is 9.88. The van der Waals surface area contributed by atoms with Crippen molar-refractivity contribution in [3.05, 3.63) is 60.2 Å². The number of hydrogen-bond acceptors (Lipinski definition) is 6. The van der Waals surface area contributed by atoms with E-state index in [1.54, 1.807) is 23.9 Å². The Kier molecular flexibility index (Phi) is 6.22. The number of benzene rings is 2. The fourth-order valence-electron chi connectivity index (χ4n) is 4.04. The molecule has 0 saturated heterocycles. The highest BCUT2D eigenvalue weighted by molar-refractivity contribution is 7.98. The third kappa shape index (κ3) is 4.25. The first-order valence-electron chi connectivity index (χ1n) is 11.5. The quantitative estimate of drug-likeness (QED) is 0.318. The second-order valence-electron chi connectivity index (χ2n) is 8.69. The van der Waals surface area contributed by atoms with Crippen molar-refractivity contribution in [1.29, 1.82) is 0 Å². The SMILES string of the molecule is CCCn1c(CSc2nnc(C3CC3)n2-c2ccccc2)nc2cc(S(=O)(=O)N(C)C)ccc21. The van der Waals surface area contributed by atoms with Gasteiger partial charge in [0, 0.05) is 32.2 Å². The Balaban J connectivity index is 1.49. The van der Waals surface area contributed by atoms with Gasteiger partial charge < -0.3 is 4.57 Å². The van der Waals surface area contributed by atoms with Gasteiger partial charge >= 0.3 is 0 Å². The Bertz CT molecular complexity index is 1420. The third-order valence-corrected chi connectivity index (χ3v) is 8.71. The van der Waals surface area contributed by atoms with Crippen LogP contribution in [0, 0.1) is 0 Å². The lowest BCUT2D eigenvalue weighted by Crippen LogP contribution is -2.22. The third-order valence-electron chi connectivity index (χ3n) is 5.97. The largest absolute Gasteiger partial charge is 0.327 e. The summed E-state index contributed by atoms with van der Waals surface area (Å²) in [4.78, 5) is 5.09. The summed E-state index contributed by atoms with van der Waals surface area (Å²) in [6, 6.07) is 15.4. The summed E-state index contributed by atoms with van der Waals surface area (Å²) in [7, 11) is -0.442. The van der Waals surface area contributed by atoms with Crippen LogP contribution in [-0.4, -0.2) is 51.1 Å². The van der Waals surface area contributed by atoms with Crippen molar-refractivity contribution >= 4 is 32.8 Å². The fourth-order valence-corrected chi connectivity index (χ4v) is 5.87. The van der Waals surface area contributed by atoms with Crippen molar-refractivity contribution < 1.29 is 8.42 Å². The molecule has 0 radical (unpaired) electrons. The maximum absolute atomic E-state index is 12.6. The summed E-state index contributed by atoms with van der Waals surface area (Å²) >= 11 is 1.61. The van der Waals surface area contributed by atoms with Crippen LogP contribution < -0.4 is 0 Å². The van der Waals surface area contributed by atoms with Crippen LogP contribution in [0.2, 0.25) is 0 Å². The lowest BCUT2D eigenvalue weighted by molar-refractivity contribution is 0.521. The van der Waals surface area contributed by atoms with Crippen LogP contribution in [0.1, 0.15) is 43.8 Å². The van der Waals surface area contributed by atoms with E-state index < -0.39 is 10.0 Å². The molecular weight excluding hydrogens is 468 g/mol. The van der Waals surface area contributed by atoms with Gasteiger partial charge in [-0.1, -0.05) is 36.9 Å². The minimum Gasteiger partial charge on any atom is -0.327 e. The molecule has 2 aromatic carbocycles. The molecule has 8 nitrogen and oxygen atoms in total. The Morgan fingerprint density at radius 3 is 2.53 bits per heavy atom. The Morgan fingerprint density at radius 2 is 1.85 bits per heavy atom. The number of thioether (sulfide) groups is 1. The van der Waals surface area contributed by atoms with E-state index in [1.807, 2.05) is 24.3 Å². The molecule has 1 aliphatic carbocycles. The van der Waals surface area contributed by atoms with Crippen molar-refractivity contribution in [1.82, 2.24) is 28.6 Å². The van der Waals surface area contributed by atoms with Gasteiger partial charge in [-0.2, -0.15) is 0 Å². The first-order valence-corrected chi connectivity index (χ1v) is 13.9. The van der Waals surface area contributed by atoms with Crippen molar-refractivity contribution in [2.45, 2.75) is 54.5 Å². The molecule has 0 spiro atoms. The minimum atomic E-state index is -3.52. The highest BCUT2D eigenvalue weighted by Crippen LogP contribution is 2.41. The maximum Gasteiger partial charge on any atom is 0.242 e. The average Bonchev–Trinajstić information content (AvgIpc) is 3.50. The van der Waals surface area contributed by atoms with Crippen LogP contribution in [0.3, 0.4) is 0 Å². The van der Waals surface area contributed by atoms with E-state index >= 15 is 0 Å². The molecule has 1 saturated carbocycles. The van der Waals surface area contributed by atoms with Crippen LogP contribution >= 0.6 is 11.8 Å². The van der Waals surface area contributed by atoms with Crippen LogP contribution in [0.5, 0.6) is 0 Å². The molecule has 0 amide bonds. The van der Waals surface area contributed by atoms with Crippen molar-refractivity contribution in [3.8, 4) is 5.69 Å². The minimum absolute atomic E-state index is 0.253. The number of aryl methyl sites for hydroxylation is 1. The first kappa shape index (κ1) is 23.1. The van der Waals surface area contributed by atoms with E-state index in [4.69, 9.17) is 4.98 Å². The van der Waals surface area contributed by atoms with Crippen LogP contribution in [0.4, 0.5) is 0 Å². The second-order valence-corrected chi connectivity index (χ2v) is 11.8. The number of hydrogen-bond donors (Lipinski definition) is 0. The molecule has 34 heavy (non-hydrogen) atoms. The molecule has 5 rings (SSSR count). The fraction of sp³-hybridized carbons (Fsp3) is 0.375. The van der Waals surface area contributed by atoms with Gasteiger partial charge in [-0.3, -0.25) is 4.57 Å². The van der Waals surface area contributed by atoms with Crippen molar-refractivity contribution in [2.75, 3.05) is 14.1 Å². The summed E-state index contributed by atoms with van der Waals surface area (Å²) in [5.74, 6) is 3.01. The van der Waals surface area contributed by atoms with Gasteiger partial charge in [-0.15, -0.1) is 10.2 Å². The van der Waals surface area contributed by atoms with E-state index in [-0.39, 0.29) is 4.90 Å². The van der Waals surface area contributed by atoms with Crippen LogP contribution in [0.15, 0.2) is 58.6 Å². The van der Waals surface area contributed by atoms with Crippen molar-refractivity contribution in [2.24, 2.45) is 0 Å². The molecule has 0 aliphatic heterocycles. The predicted molar refractivity (Wildman–Crippen MR) is 134 cm³/mol. The molecule has 1 fully saturated rings. The standard InChI is InChI=1S/C24H28N6O2S2/c1-4-14-29-21-13-12-19(34(31,32)28(2)3)15-20(21)25-22(29)16-33-24-27-26-23(17-10-11-17)30(24)18-8-6-5-7-9-18/h5-9,12-13,15,17H,4,10-11,14,16H2,1-3H3. The first-order chi connectivity index (χ1) is 16.4. The molecule has 0 N–H and O–H groups in total. The van der Waals surface area contributed by atoms with Crippen LogP contribution in [-0.2, 0) is 22.3 Å². The average molecular weight is 497 g/mol. The summed E-state index contributed by atoms with van der Waals surface area (Å²) in [6.07, 6.45) is 3.26. The molecule has 10 heteroatoms. The topological polar surface area (TPSA) is 85.9 Å². The zero-order valence-corrected chi connectivity index (χ0v) is 21.2. The number of imidazole rings is 1. The molecule has 0 atom stereocenters. The molecule has 4 aromatic rings. The second kappa shape index (κ2) is 9.16. The molecule has 178 valence electrons. The molecule has 2 heterocycles. The van der Waals surface area contributed by atoms with E-state index in [1.165, 1.54) is 18.4 Å². The van der Waals surface area contributed by atoms with E-state index in [0.29, 0.717) is 17.2 Å². The predicted octanol–water partition coefficient (Wildman–Crippen LogP) is 4.45. The summed E-state index contributed by atoms with van der Waals surface area (Å²) < 4.78 is 30.8. The van der Waals surface area contributed by atoms with Gasteiger partial charge in [-0.05, 0) is 49.6 Å². The number of nitrogens with zero attached hydrogens (tertiary/aromatic N) is 6. The molecule has 2 aromatic heterocycles. The Morgan fingerprint density at radius 1 is 1.09 bits per heavy atom. The molecule has 0 bridgehead atoms. The van der Waals surface area contributed by atoms with Gasteiger partial charge in [-0.25, -0.2) is 17.7 Å². The van der Waals surface area contributed by atoms with E-state index in [0.717, 1.165) is 53.8 Å². The van der Waals surface area contributed by atoms with Gasteiger partial charge in [0.05, 0.1) is 21.7 Å². The summed E-state index contributed by atoms with van der Waals surface area (Å²) in [5.41, 5.74) is 2.70. The van der Waals surface area contributed by atoms with Gasteiger partial charge in [0.1, 0.15) is 11.6 Å². The number of sulfonamides is 1. The zero-order chi connectivity index (χ0) is 23.9. The lowest BCUT2D eigenvalue weighted by atomic mass is 10.3. The van der Waals surface area contributed by atoms with Crippen LogP contribution in [0.25, 0.3) is 16.7 Å². The van der Waals surface area contributed by atoms with Gasteiger partial charge in [0.15, 0.2) is 5.16 Å². The number of aromatic nitrogens is 5.